The fraction of sp³-hybridized carbons (Fsp3) is 0.250. The summed E-state index contributed by atoms with van der Waals surface area (Å²) in [5, 5.41) is 7.82. The highest BCUT2D eigenvalue weighted by molar-refractivity contribution is 5.57. The van der Waals surface area contributed by atoms with E-state index in [1.54, 1.807) is 12.1 Å². The molecule has 1 aliphatic rings. The van der Waals surface area contributed by atoms with Gasteiger partial charge in [0, 0.05) is 5.56 Å². The van der Waals surface area contributed by atoms with Crippen molar-refractivity contribution >= 4 is 0 Å². The molecule has 1 aliphatic carbocycles. The van der Waals surface area contributed by atoms with Crippen molar-refractivity contribution in [2.45, 2.75) is 18.4 Å². The fourth-order valence-corrected chi connectivity index (χ4v) is 1.66. The number of hydrogen-bond donors (Lipinski definition) is 1. The Kier molecular flexibility index (Phi) is 2.16. The molecule has 0 radical (unpaired) electrons. The highest BCUT2D eigenvalue weighted by Gasteiger charge is 2.43. The predicted molar refractivity (Wildman–Crippen MR) is 60.3 cm³/mol. The minimum atomic E-state index is -0.420. The fourth-order valence-electron chi connectivity index (χ4n) is 1.66. The molecule has 4 nitrogen and oxygen atoms in total. The van der Waals surface area contributed by atoms with E-state index in [1.165, 1.54) is 18.3 Å². The summed E-state index contributed by atoms with van der Waals surface area (Å²) in [5.74, 6) is 0.246. The standard InChI is InChI=1S/C12H11FN4/c13-9-3-1-2-8(6-9)10-7-15-17-11(16-10)12(14)4-5-12/h1-3,6-7H,4-5,14H2. The molecule has 0 saturated heterocycles. The van der Waals surface area contributed by atoms with E-state index in [-0.39, 0.29) is 5.82 Å². The molecular formula is C12H11FN4. The highest BCUT2D eigenvalue weighted by Crippen LogP contribution is 2.40. The van der Waals surface area contributed by atoms with Crippen molar-refractivity contribution in [3.05, 3.63) is 42.1 Å². The van der Waals surface area contributed by atoms with Gasteiger partial charge in [0.05, 0.1) is 17.4 Å². The van der Waals surface area contributed by atoms with E-state index in [0.717, 1.165) is 12.8 Å². The Balaban J connectivity index is 2.03. The van der Waals surface area contributed by atoms with Crippen LogP contribution < -0.4 is 5.73 Å². The van der Waals surface area contributed by atoms with Gasteiger partial charge in [-0.05, 0) is 25.0 Å². The molecule has 1 aromatic heterocycles. The van der Waals surface area contributed by atoms with Crippen molar-refractivity contribution in [3.63, 3.8) is 0 Å². The molecule has 2 N–H and O–H groups in total. The van der Waals surface area contributed by atoms with Crippen molar-refractivity contribution in [2.24, 2.45) is 5.73 Å². The Morgan fingerprint density at radius 2 is 2.12 bits per heavy atom. The first-order valence-electron chi connectivity index (χ1n) is 5.42. The molecule has 0 aliphatic heterocycles. The molecule has 2 aromatic rings. The number of aromatic nitrogens is 3. The molecule has 86 valence electrons. The third-order valence-electron chi connectivity index (χ3n) is 2.91. The van der Waals surface area contributed by atoms with Crippen molar-refractivity contribution < 1.29 is 4.39 Å². The van der Waals surface area contributed by atoms with Gasteiger partial charge in [0.15, 0.2) is 5.82 Å². The number of rotatable bonds is 2. The van der Waals surface area contributed by atoms with Gasteiger partial charge in [-0.25, -0.2) is 9.37 Å². The smallest absolute Gasteiger partial charge is 0.171 e. The SMILES string of the molecule is NC1(c2nncc(-c3cccc(F)c3)n2)CC1. The van der Waals surface area contributed by atoms with Crippen LogP contribution in [-0.2, 0) is 5.54 Å². The Morgan fingerprint density at radius 3 is 2.82 bits per heavy atom. The maximum Gasteiger partial charge on any atom is 0.171 e. The molecule has 1 saturated carbocycles. The molecule has 5 heteroatoms. The van der Waals surface area contributed by atoms with Crippen LogP contribution in [0.3, 0.4) is 0 Å². The lowest BCUT2D eigenvalue weighted by Gasteiger charge is -2.07. The second-order valence-electron chi connectivity index (χ2n) is 4.33. The maximum atomic E-state index is 13.1. The van der Waals surface area contributed by atoms with Gasteiger partial charge in [-0.15, -0.1) is 5.10 Å². The average molecular weight is 230 g/mol. The third-order valence-corrected chi connectivity index (χ3v) is 2.91. The van der Waals surface area contributed by atoms with Crippen molar-refractivity contribution in [1.82, 2.24) is 15.2 Å². The Hall–Kier alpha value is -1.88. The minimum Gasteiger partial charge on any atom is -0.319 e. The van der Waals surface area contributed by atoms with E-state index in [2.05, 4.69) is 15.2 Å². The van der Waals surface area contributed by atoms with Crippen LogP contribution >= 0.6 is 0 Å². The van der Waals surface area contributed by atoms with Gasteiger partial charge in [-0.2, -0.15) is 5.10 Å². The van der Waals surface area contributed by atoms with E-state index in [4.69, 9.17) is 5.73 Å². The van der Waals surface area contributed by atoms with Gasteiger partial charge in [-0.3, -0.25) is 0 Å². The lowest BCUT2D eigenvalue weighted by atomic mass is 10.1. The number of hydrogen-bond acceptors (Lipinski definition) is 4. The van der Waals surface area contributed by atoms with E-state index in [0.29, 0.717) is 17.1 Å². The number of nitrogens with zero attached hydrogens (tertiary/aromatic N) is 3. The van der Waals surface area contributed by atoms with Crippen molar-refractivity contribution in [2.75, 3.05) is 0 Å². The highest BCUT2D eigenvalue weighted by atomic mass is 19.1. The average Bonchev–Trinajstić information content (AvgIpc) is 3.09. The van der Waals surface area contributed by atoms with E-state index in [1.807, 2.05) is 0 Å². The molecule has 0 bridgehead atoms. The lowest BCUT2D eigenvalue weighted by molar-refractivity contribution is 0.627. The second kappa shape index (κ2) is 3.56. The molecular weight excluding hydrogens is 219 g/mol. The Bertz CT molecular complexity index is 566. The predicted octanol–water partition coefficient (Wildman–Crippen LogP) is 1.63. The van der Waals surface area contributed by atoms with Crippen LogP contribution in [0.5, 0.6) is 0 Å². The molecule has 1 heterocycles. The van der Waals surface area contributed by atoms with Crippen LogP contribution in [0.2, 0.25) is 0 Å². The topological polar surface area (TPSA) is 64.7 Å². The summed E-state index contributed by atoms with van der Waals surface area (Å²) in [6, 6.07) is 6.24. The summed E-state index contributed by atoms with van der Waals surface area (Å²) in [7, 11) is 0. The summed E-state index contributed by atoms with van der Waals surface area (Å²) in [6.07, 6.45) is 3.27. The molecule has 17 heavy (non-hydrogen) atoms. The van der Waals surface area contributed by atoms with E-state index >= 15 is 0 Å². The van der Waals surface area contributed by atoms with Crippen molar-refractivity contribution in [3.8, 4) is 11.3 Å². The van der Waals surface area contributed by atoms with Crippen LogP contribution in [0.1, 0.15) is 18.7 Å². The van der Waals surface area contributed by atoms with Crippen LogP contribution in [0, 0.1) is 5.82 Å². The van der Waals surface area contributed by atoms with Gasteiger partial charge >= 0.3 is 0 Å². The summed E-state index contributed by atoms with van der Waals surface area (Å²) >= 11 is 0. The number of halogens is 1. The van der Waals surface area contributed by atoms with Crippen LogP contribution in [0.15, 0.2) is 30.5 Å². The summed E-state index contributed by atoms with van der Waals surface area (Å²) < 4.78 is 13.1. The monoisotopic (exact) mass is 230 g/mol. The van der Waals surface area contributed by atoms with Gasteiger partial charge in [0.2, 0.25) is 0 Å². The maximum absolute atomic E-state index is 13.1. The molecule has 1 aromatic carbocycles. The molecule has 0 spiro atoms. The minimum absolute atomic E-state index is 0.295. The van der Waals surface area contributed by atoms with Crippen LogP contribution in [0.4, 0.5) is 4.39 Å². The molecule has 1 fully saturated rings. The Labute approximate surface area is 97.7 Å². The zero-order valence-electron chi connectivity index (χ0n) is 9.10. The zero-order valence-corrected chi connectivity index (χ0v) is 9.10. The number of benzene rings is 1. The van der Waals surface area contributed by atoms with Crippen LogP contribution in [-0.4, -0.2) is 15.2 Å². The third kappa shape index (κ3) is 1.89. The van der Waals surface area contributed by atoms with Crippen molar-refractivity contribution in [1.29, 1.82) is 0 Å². The molecule has 0 unspecified atom stereocenters. The Morgan fingerprint density at radius 1 is 1.29 bits per heavy atom. The van der Waals surface area contributed by atoms with E-state index < -0.39 is 5.54 Å². The zero-order chi connectivity index (χ0) is 11.9. The summed E-state index contributed by atoms with van der Waals surface area (Å²) in [5.41, 5.74) is 6.87. The van der Waals surface area contributed by atoms with Gasteiger partial charge < -0.3 is 5.73 Å². The second-order valence-corrected chi connectivity index (χ2v) is 4.33. The molecule has 0 atom stereocenters. The van der Waals surface area contributed by atoms with E-state index in [9.17, 15) is 4.39 Å². The largest absolute Gasteiger partial charge is 0.319 e. The number of nitrogens with two attached hydrogens (primary N) is 1. The lowest BCUT2D eigenvalue weighted by Crippen LogP contribution is -2.22. The van der Waals surface area contributed by atoms with Crippen LogP contribution in [0.25, 0.3) is 11.3 Å². The molecule has 3 rings (SSSR count). The first-order valence-corrected chi connectivity index (χ1v) is 5.42. The van der Waals surface area contributed by atoms with Gasteiger partial charge in [-0.1, -0.05) is 12.1 Å². The van der Waals surface area contributed by atoms with Gasteiger partial charge in [0.25, 0.3) is 0 Å². The first-order chi connectivity index (χ1) is 8.17. The quantitative estimate of drug-likeness (QED) is 0.851. The molecule has 0 amide bonds. The summed E-state index contributed by atoms with van der Waals surface area (Å²) in [4.78, 5) is 4.35. The summed E-state index contributed by atoms with van der Waals surface area (Å²) in [6.45, 7) is 0. The first kappa shape index (κ1) is 10.3. The normalized spacial score (nSPS) is 16.8. The van der Waals surface area contributed by atoms with Gasteiger partial charge in [0.1, 0.15) is 5.82 Å².